The molecule has 3 rings (SSSR count). The van der Waals surface area contributed by atoms with Crippen LogP contribution in [0.4, 0.5) is 18.9 Å². The number of amides is 1. The number of nitrogens with one attached hydrogen (secondary N) is 1. The topological polar surface area (TPSA) is 90.9 Å². The Kier molecular flexibility index (Phi) is 4.79. The first kappa shape index (κ1) is 19.7. The Bertz CT molecular complexity index is 1210. The van der Waals surface area contributed by atoms with Gasteiger partial charge in [0, 0.05) is 14.1 Å². The van der Waals surface area contributed by atoms with Crippen molar-refractivity contribution >= 4 is 34.4 Å². The van der Waals surface area contributed by atoms with Crippen molar-refractivity contribution in [1.29, 1.82) is 0 Å². The molecule has 1 aromatic carbocycles. The van der Waals surface area contributed by atoms with Crippen LogP contribution in [-0.4, -0.2) is 24.6 Å². The van der Waals surface area contributed by atoms with Crippen LogP contribution in [0.25, 0.3) is 11.2 Å². The van der Waals surface area contributed by atoms with Gasteiger partial charge < -0.3 is 5.32 Å². The van der Waals surface area contributed by atoms with Crippen LogP contribution >= 0.6 is 11.6 Å². The summed E-state index contributed by atoms with van der Waals surface area (Å²) in [6, 6.07) is 4.48. The van der Waals surface area contributed by atoms with E-state index < -0.39 is 41.1 Å². The highest BCUT2D eigenvalue weighted by Crippen LogP contribution is 2.34. The zero-order valence-corrected chi connectivity index (χ0v) is 15.3. The van der Waals surface area contributed by atoms with Crippen LogP contribution in [0.3, 0.4) is 0 Å². The number of hydrogen-bond donors (Lipinski definition) is 1. The Morgan fingerprint density at radius 3 is 2.46 bits per heavy atom. The van der Waals surface area contributed by atoms with E-state index in [2.05, 4.69) is 10.3 Å². The van der Waals surface area contributed by atoms with Gasteiger partial charge in [-0.2, -0.15) is 18.2 Å². The minimum atomic E-state index is -4.66. The summed E-state index contributed by atoms with van der Waals surface area (Å²) in [5, 5.41) is 1.91. The van der Waals surface area contributed by atoms with Gasteiger partial charge in [0.15, 0.2) is 11.2 Å². The first-order chi connectivity index (χ1) is 13.0. The Morgan fingerprint density at radius 1 is 1.18 bits per heavy atom. The standard InChI is InChI=1S/C16H13ClF3N5O3/c1-23-12-11(13(27)24(2)15(23)28)25(14(17)22-12)7-10(26)21-9-6-4-3-5-8(9)16(18,19)20/h3-6H,7H2,1-2H3,(H,21,26). The van der Waals surface area contributed by atoms with Crippen molar-refractivity contribution in [2.24, 2.45) is 14.1 Å². The lowest BCUT2D eigenvalue weighted by molar-refractivity contribution is -0.137. The van der Waals surface area contributed by atoms with Crippen molar-refractivity contribution in [3.05, 3.63) is 56.0 Å². The van der Waals surface area contributed by atoms with Gasteiger partial charge in [0.1, 0.15) is 6.54 Å². The minimum absolute atomic E-state index is 0.0402. The summed E-state index contributed by atoms with van der Waals surface area (Å²) in [6.45, 7) is -0.574. The van der Waals surface area contributed by atoms with E-state index in [-0.39, 0.29) is 16.4 Å². The summed E-state index contributed by atoms with van der Waals surface area (Å²) in [4.78, 5) is 40.6. The van der Waals surface area contributed by atoms with E-state index in [1.54, 1.807) is 0 Å². The number of nitrogens with zero attached hydrogens (tertiary/aromatic N) is 4. The second-order valence-electron chi connectivity index (χ2n) is 5.94. The number of fused-ring (bicyclic) bond motifs is 1. The molecule has 28 heavy (non-hydrogen) atoms. The number of benzene rings is 1. The van der Waals surface area contributed by atoms with Crippen LogP contribution in [-0.2, 0) is 31.6 Å². The van der Waals surface area contributed by atoms with Gasteiger partial charge in [-0.25, -0.2) is 4.79 Å². The molecule has 0 bridgehead atoms. The molecule has 0 fully saturated rings. The van der Waals surface area contributed by atoms with Crippen molar-refractivity contribution < 1.29 is 18.0 Å². The largest absolute Gasteiger partial charge is 0.418 e. The average Bonchev–Trinajstić information content (AvgIpc) is 2.94. The Hall–Kier alpha value is -3.08. The van der Waals surface area contributed by atoms with Gasteiger partial charge in [0.2, 0.25) is 11.2 Å². The monoisotopic (exact) mass is 415 g/mol. The maximum absolute atomic E-state index is 13.1. The highest BCUT2D eigenvalue weighted by molar-refractivity contribution is 6.29. The smallest absolute Gasteiger partial charge is 0.324 e. The molecular formula is C16H13ClF3N5O3. The van der Waals surface area contributed by atoms with Crippen LogP contribution in [0.1, 0.15) is 5.56 Å². The number of anilines is 1. The molecule has 1 amide bonds. The van der Waals surface area contributed by atoms with Gasteiger partial charge >= 0.3 is 11.9 Å². The predicted octanol–water partition coefficient (Wildman–Crippen LogP) is 1.74. The van der Waals surface area contributed by atoms with Crippen molar-refractivity contribution in [2.45, 2.75) is 12.7 Å². The van der Waals surface area contributed by atoms with Crippen LogP contribution < -0.4 is 16.6 Å². The molecule has 2 aromatic heterocycles. The summed E-state index contributed by atoms with van der Waals surface area (Å²) >= 11 is 6.00. The van der Waals surface area contributed by atoms with Gasteiger partial charge in [-0.3, -0.25) is 23.3 Å². The zero-order valence-electron chi connectivity index (χ0n) is 14.5. The Balaban J connectivity index is 2.01. The molecular weight excluding hydrogens is 403 g/mol. The summed E-state index contributed by atoms with van der Waals surface area (Å²) in [5.41, 5.74) is -2.97. The molecule has 0 aliphatic carbocycles. The molecule has 0 spiro atoms. The summed E-state index contributed by atoms with van der Waals surface area (Å²) in [5.74, 6) is -0.853. The number of hydrogen-bond acceptors (Lipinski definition) is 4. The number of aryl methyl sites for hydroxylation is 1. The first-order valence-electron chi connectivity index (χ1n) is 7.80. The normalized spacial score (nSPS) is 11.8. The van der Waals surface area contributed by atoms with Gasteiger partial charge in [0.05, 0.1) is 11.3 Å². The molecule has 8 nitrogen and oxygen atoms in total. The molecule has 1 N–H and O–H groups in total. The maximum atomic E-state index is 13.1. The predicted molar refractivity (Wildman–Crippen MR) is 95.3 cm³/mol. The van der Waals surface area contributed by atoms with E-state index in [0.717, 1.165) is 25.8 Å². The molecule has 148 valence electrons. The number of rotatable bonds is 3. The molecule has 0 saturated carbocycles. The van der Waals surface area contributed by atoms with Crippen molar-refractivity contribution in [3.8, 4) is 0 Å². The fraction of sp³-hybridized carbons (Fsp3) is 0.250. The summed E-state index contributed by atoms with van der Waals surface area (Å²) in [6.07, 6.45) is -4.66. The van der Waals surface area contributed by atoms with Gasteiger partial charge in [-0.15, -0.1) is 0 Å². The quantitative estimate of drug-likeness (QED) is 0.660. The lowest BCUT2D eigenvalue weighted by Crippen LogP contribution is -2.37. The number of alkyl halides is 3. The molecule has 0 radical (unpaired) electrons. The fourth-order valence-electron chi connectivity index (χ4n) is 2.74. The minimum Gasteiger partial charge on any atom is -0.324 e. The molecule has 0 aliphatic rings. The van der Waals surface area contributed by atoms with Crippen LogP contribution in [0.2, 0.25) is 5.28 Å². The van der Waals surface area contributed by atoms with Gasteiger partial charge in [0.25, 0.3) is 5.56 Å². The van der Waals surface area contributed by atoms with Gasteiger partial charge in [-0.05, 0) is 23.7 Å². The lowest BCUT2D eigenvalue weighted by Gasteiger charge is -2.14. The van der Waals surface area contributed by atoms with Crippen LogP contribution in [0.15, 0.2) is 33.9 Å². The number of para-hydroxylation sites is 1. The number of aromatic nitrogens is 4. The van der Waals surface area contributed by atoms with Crippen LogP contribution in [0, 0.1) is 0 Å². The summed E-state index contributed by atoms with van der Waals surface area (Å²) in [7, 11) is 2.62. The molecule has 0 atom stereocenters. The van der Waals surface area contributed by atoms with Gasteiger partial charge in [-0.1, -0.05) is 12.1 Å². The Morgan fingerprint density at radius 2 is 1.82 bits per heavy atom. The lowest BCUT2D eigenvalue weighted by atomic mass is 10.1. The molecule has 12 heteroatoms. The van der Waals surface area contributed by atoms with E-state index in [9.17, 15) is 27.6 Å². The third-order valence-corrected chi connectivity index (χ3v) is 4.40. The second-order valence-corrected chi connectivity index (χ2v) is 6.27. The number of imidazole rings is 1. The van der Waals surface area contributed by atoms with E-state index in [0.29, 0.717) is 0 Å². The van der Waals surface area contributed by atoms with E-state index >= 15 is 0 Å². The first-order valence-corrected chi connectivity index (χ1v) is 8.18. The third-order valence-electron chi connectivity index (χ3n) is 4.11. The van der Waals surface area contributed by atoms with Crippen LogP contribution in [0.5, 0.6) is 0 Å². The third kappa shape index (κ3) is 3.28. The Labute approximate surface area is 159 Å². The fourth-order valence-corrected chi connectivity index (χ4v) is 2.96. The highest BCUT2D eigenvalue weighted by atomic mass is 35.5. The number of carbonyl (C=O) groups is 1. The molecule has 3 aromatic rings. The SMILES string of the molecule is Cn1c(=O)c2c(nc(Cl)n2CC(=O)Nc2ccccc2C(F)(F)F)n(C)c1=O. The molecule has 0 saturated heterocycles. The molecule has 0 aliphatic heterocycles. The average molecular weight is 416 g/mol. The van der Waals surface area contributed by atoms with E-state index in [4.69, 9.17) is 11.6 Å². The van der Waals surface area contributed by atoms with Crippen molar-refractivity contribution in [1.82, 2.24) is 18.7 Å². The van der Waals surface area contributed by atoms with E-state index in [1.165, 1.54) is 26.2 Å². The maximum Gasteiger partial charge on any atom is 0.418 e. The molecule has 0 unspecified atom stereocenters. The van der Waals surface area contributed by atoms with Crippen molar-refractivity contribution in [3.63, 3.8) is 0 Å². The van der Waals surface area contributed by atoms with E-state index in [1.807, 2.05) is 0 Å². The molecule has 2 heterocycles. The second kappa shape index (κ2) is 6.82. The van der Waals surface area contributed by atoms with Crippen molar-refractivity contribution in [2.75, 3.05) is 5.32 Å². The zero-order chi connectivity index (χ0) is 20.8. The highest BCUT2D eigenvalue weighted by Gasteiger charge is 2.33. The summed E-state index contributed by atoms with van der Waals surface area (Å²) < 4.78 is 42.1. The number of carbonyl (C=O) groups excluding carboxylic acids is 1. The number of halogens is 4.